The van der Waals surface area contributed by atoms with Crippen LogP contribution in [0.25, 0.3) is 0 Å². The molecule has 2 heterocycles. The van der Waals surface area contributed by atoms with Gasteiger partial charge in [0.05, 0.1) is 17.7 Å². The first-order chi connectivity index (χ1) is 8.51. The van der Waals surface area contributed by atoms with Crippen LogP contribution in [0.5, 0.6) is 0 Å². The van der Waals surface area contributed by atoms with Crippen LogP contribution in [0.1, 0.15) is 13.3 Å². The molecule has 2 aliphatic rings. The zero-order valence-electron chi connectivity index (χ0n) is 10.3. The molecule has 0 aromatic carbocycles. The van der Waals surface area contributed by atoms with Crippen molar-refractivity contribution < 1.29 is 19.4 Å². The largest absolute Gasteiger partial charge is 0.385 e. The molecule has 0 saturated carbocycles. The standard InChI is InChI=1S/C11H18N2O4S/c1-8-11(16,2-3-17-8)6-12-9(14)4-13-7-18-5-10(13)15/h8,16H,2-7H2,1H3,(H,12,14). The molecule has 0 aromatic rings. The summed E-state index contributed by atoms with van der Waals surface area (Å²) in [6.07, 6.45) is 0.245. The maximum Gasteiger partial charge on any atom is 0.239 e. The molecule has 2 atom stereocenters. The number of thioether (sulfide) groups is 1. The molecule has 6 nitrogen and oxygen atoms in total. The number of nitrogens with zero attached hydrogens (tertiary/aromatic N) is 1. The smallest absolute Gasteiger partial charge is 0.239 e. The molecule has 2 rings (SSSR count). The molecule has 2 aliphatic heterocycles. The molecule has 18 heavy (non-hydrogen) atoms. The van der Waals surface area contributed by atoms with Gasteiger partial charge in [0.15, 0.2) is 0 Å². The third-order valence-electron chi connectivity index (χ3n) is 3.41. The Labute approximate surface area is 110 Å². The van der Waals surface area contributed by atoms with Crippen molar-refractivity contribution in [3.8, 4) is 0 Å². The first kappa shape index (κ1) is 13.6. The van der Waals surface area contributed by atoms with Crippen LogP contribution in [0, 0.1) is 0 Å². The van der Waals surface area contributed by atoms with Crippen molar-refractivity contribution in [1.29, 1.82) is 0 Å². The third-order valence-corrected chi connectivity index (χ3v) is 4.36. The summed E-state index contributed by atoms with van der Waals surface area (Å²) in [6, 6.07) is 0. The van der Waals surface area contributed by atoms with Gasteiger partial charge >= 0.3 is 0 Å². The second kappa shape index (κ2) is 5.46. The number of nitrogens with one attached hydrogen (secondary N) is 1. The summed E-state index contributed by atoms with van der Waals surface area (Å²) in [5, 5.41) is 12.9. The van der Waals surface area contributed by atoms with Gasteiger partial charge in [0.1, 0.15) is 12.1 Å². The van der Waals surface area contributed by atoms with Crippen LogP contribution in [0.3, 0.4) is 0 Å². The average Bonchev–Trinajstić information content (AvgIpc) is 2.86. The highest BCUT2D eigenvalue weighted by Gasteiger charge is 2.39. The van der Waals surface area contributed by atoms with E-state index in [0.717, 1.165) is 0 Å². The number of hydrogen-bond acceptors (Lipinski definition) is 5. The monoisotopic (exact) mass is 274 g/mol. The summed E-state index contributed by atoms with van der Waals surface area (Å²) in [5.74, 6) is 0.766. The minimum atomic E-state index is -0.987. The Hall–Kier alpha value is -0.790. The van der Waals surface area contributed by atoms with Crippen LogP contribution in [-0.2, 0) is 14.3 Å². The second-order valence-corrected chi connectivity index (χ2v) is 5.67. The van der Waals surface area contributed by atoms with Gasteiger partial charge in [0.2, 0.25) is 11.8 Å². The molecule has 0 bridgehead atoms. The van der Waals surface area contributed by atoms with Crippen LogP contribution >= 0.6 is 11.8 Å². The Balaban J connectivity index is 1.76. The molecule has 7 heteroatoms. The summed E-state index contributed by atoms with van der Waals surface area (Å²) >= 11 is 1.50. The van der Waals surface area contributed by atoms with Gasteiger partial charge in [-0.2, -0.15) is 0 Å². The summed E-state index contributed by atoms with van der Waals surface area (Å²) in [5.41, 5.74) is -0.987. The highest BCUT2D eigenvalue weighted by atomic mass is 32.2. The number of amides is 2. The maximum atomic E-state index is 11.7. The van der Waals surface area contributed by atoms with Gasteiger partial charge in [0.25, 0.3) is 0 Å². The van der Waals surface area contributed by atoms with E-state index in [0.29, 0.717) is 24.7 Å². The van der Waals surface area contributed by atoms with Gasteiger partial charge in [0, 0.05) is 19.6 Å². The van der Waals surface area contributed by atoms with E-state index in [4.69, 9.17) is 4.74 Å². The van der Waals surface area contributed by atoms with Crippen molar-refractivity contribution in [2.45, 2.75) is 25.0 Å². The zero-order chi connectivity index (χ0) is 13.2. The molecule has 0 aliphatic carbocycles. The Morgan fingerprint density at radius 1 is 1.72 bits per heavy atom. The fourth-order valence-corrected chi connectivity index (χ4v) is 2.93. The molecule has 2 amide bonds. The highest BCUT2D eigenvalue weighted by Crippen LogP contribution is 2.24. The van der Waals surface area contributed by atoms with Crippen LogP contribution in [0.2, 0.25) is 0 Å². The minimum Gasteiger partial charge on any atom is -0.385 e. The second-order valence-electron chi connectivity index (χ2n) is 4.71. The molecule has 2 fully saturated rings. The molecular formula is C11H18N2O4S. The van der Waals surface area contributed by atoms with E-state index in [2.05, 4.69) is 5.32 Å². The summed E-state index contributed by atoms with van der Waals surface area (Å²) in [4.78, 5) is 24.5. The normalized spacial score (nSPS) is 32.0. The van der Waals surface area contributed by atoms with Crippen molar-refractivity contribution in [2.75, 3.05) is 31.3 Å². The van der Waals surface area contributed by atoms with Gasteiger partial charge in [-0.25, -0.2) is 0 Å². The third kappa shape index (κ3) is 2.96. The predicted octanol–water partition coefficient (Wildman–Crippen LogP) is -0.825. The molecule has 2 N–H and O–H groups in total. The van der Waals surface area contributed by atoms with Gasteiger partial charge in [-0.05, 0) is 6.92 Å². The van der Waals surface area contributed by atoms with Gasteiger partial charge in [-0.15, -0.1) is 11.8 Å². The number of rotatable bonds is 4. The number of ether oxygens (including phenoxy) is 1. The van der Waals surface area contributed by atoms with Gasteiger partial charge in [-0.3, -0.25) is 9.59 Å². The van der Waals surface area contributed by atoms with Crippen LogP contribution in [0.15, 0.2) is 0 Å². The van der Waals surface area contributed by atoms with Crippen molar-refractivity contribution in [1.82, 2.24) is 10.2 Å². The van der Waals surface area contributed by atoms with Crippen molar-refractivity contribution >= 4 is 23.6 Å². The highest BCUT2D eigenvalue weighted by molar-refractivity contribution is 8.00. The van der Waals surface area contributed by atoms with E-state index in [-0.39, 0.29) is 31.0 Å². The van der Waals surface area contributed by atoms with Crippen molar-refractivity contribution in [3.63, 3.8) is 0 Å². The van der Waals surface area contributed by atoms with Gasteiger partial charge < -0.3 is 20.1 Å². The summed E-state index contributed by atoms with van der Waals surface area (Å²) < 4.78 is 5.28. The Morgan fingerprint density at radius 2 is 2.50 bits per heavy atom. The number of carbonyl (C=O) groups excluding carboxylic acids is 2. The van der Waals surface area contributed by atoms with E-state index in [1.54, 1.807) is 6.92 Å². The van der Waals surface area contributed by atoms with E-state index >= 15 is 0 Å². The fourth-order valence-electron chi connectivity index (χ4n) is 2.02. The Kier molecular flexibility index (Phi) is 4.14. The molecule has 0 aromatic heterocycles. The Morgan fingerprint density at radius 3 is 3.06 bits per heavy atom. The summed E-state index contributed by atoms with van der Waals surface area (Å²) in [6.45, 7) is 2.54. The van der Waals surface area contributed by atoms with Crippen molar-refractivity contribution in [2.24, 2.45) is 0 Å². The van der Waals surface area contributed by atoms with E-state index in [1.807, 2.05) is 0 Å². The lowest BCUT2D eigenvalue weighted by Gasteiger charge is -2.26. The molecule has 102 valence electrons. The lowest BCUT2D eigenvalue weighted by Crippen LogP contribution is -2.49. The van der Waals surface area contributed by atoms with E-state index in [9.17, 15) is 14.7 Å². The zero-order valence-corrected chi connectivity index (χ0v) is 11.2. The minimum absolute atomic E-state index is 0.00794. The lowest BCUT2D eigenvalue weighted by molar-refractivity contribution is -0.133. The molecule has 0 spiro atoms. The first-order valence-electron chi connectivity index (χ1n) is 5.97. The quantitative estimate of drug-likeness (QED) is 0.700. The van der Waals surface area contributed by atoms with E-state index in [1.165, 1.54) is 16.7 Å². The molecular weight excluding hydrogens is 256 g/mol. The van der Waals surface area contributed by atoms with Crippen LogP contribution < -0.4 is 5.32 Å². The van der Waals surface area contributed by atoms with Crippen LogP contribution in [-0.4, -0.2) is 64.9 Å². The topological polar surface area (TPSA) is 78.9 Å². The summed E-state index contributed by atoms with van der Waals surface area (Å²) in [7, 11) is 0. The number of hydrogen-bond donors (Lipinski definition) is 2. The molecule has 2 saturated heterocycles. The van der Waals surface area contributed by atoms with Crippen LogP contribution in [0.4, 0.5) is 0 Å². The van der Waals surface area contributed by atoms with Crippen molar-refractivity contribution in [3.05, 3.63) is 0 Å². The first-order valence-corrected chi connectivity index (χ1v) is 7.13. The maximum absolute atomic E-state index is 11.7. The molecule has 2 unspecified atom stereocenters. The average molecular weight is 274 g/mol. The number of aliphatic hydroxyl groups is 1. The predicted molar refractivity (Wildman–Crippen MR) is 67.0 cm³/mol. The SMILES string of the molecule is CC1OCCC1(O)CNC(=O)CN1CSCC1=O. The Bertz CT molecular complexity index is 352. The lowest BCUT2D eigenvalue weighted by atomic mass is 9.97. The number of carbonyl (C=O) groups is 2. The van der Waals surface area contributed by atoms with E-state index < -0.39 is 5.60 Å². The van der Waals surface area contributed by atoms with Gasteiger partial charge in [-0.1, -0.05) is 0 Å². The molecule has 0 radical (unpaired) electrons. The fraction of sp³-hybridized carbons (Fsp3) is 0.818.